The van der Waals surface area contributed by atoms with Crippen LogP contribution in [0.4, 0.5) is 5.82 Å². The van der Waals surface area contributed by atoms with Gasteiger partial charge in [-0.25, -0.2) is 14.8 Å². The molecule has 0 fully saturated rings. The van der Waals surface area contributed by atoms with Crippen molar-refractivity contribution in [3.63, 3.8) is 0 Å². The van der Waals surface area contributed by atoms with Gasteiger partial charge in [0.2, 0.25) is 0 Å². The molecule has 4 rings (SSSR count). The first-order chi connectivity index (χ1) is 14.6. The Kier molecular flexibility index (Phi) is 5.63. The van der Waals surface area contributed by atoms with E-state index in [9.17, 15) is 4.79 Å². The highest BCUT2D eigenvalue weighted by atomic mass is 32.1. The molecule has 0 aliphatic heterocycles. The normalized spacial score (nSPS) is 11.8. The summed E-state index contributed by atoms with van der Waals surface area (Å²) in [5.74, 6) is 0.812. The van der Waals surface area contributed by atoms with Gasteiger partial charge in [-0.3, -0.25) is 0 Å². The van der Waals surface area contributed by atoms with Crippen molar-refractivity contribution >= 4 is 33.3 Å². The number of rotatable bonds is 6. The third-order valence-corrected chi connectivity index (χ3v) is 5.95. The molecular weight excluding hydrogens is 398 g/mol. The third kappa shape index (κ3) is 3.71. The number of thiophene rings is 1. The van der Waals surface area contributed by atoms with E-state index in [2.05, 4.69) is 34.3 Å². The first kappa shape index (κ1) is 19.8. The number of anilines is 1. The number of fused-ring (bicyclic) bond motifs is 1. The molecule has 0 amide bonds. The van der Waals surface area contributed by atoms with Gasteiger partial charge in [0.1, 0.15) is 28.3 Å². The maximum atomic E-state index is 12.1. The number of carbonyl (C=O) groups excluding carboxylic acids is 1. The van der Waals surface area contributed by atoms with Crippen LogP contribution in [0.1, 0.15) is 28.9 Å². The molecule has 0 radical (unpaired) electrons. The lowest BCUT2D eigenvalue weighted by atomic mass is 10.1. The van der Waals surface area contributed by atoms with Gasteiger partial charge in [-0.2, -0.15) is 0 Å². The van der Waals surface area contributed by atoms with Crippen LogP contribution in [0.15, 0.2) is 60.9 Å². The molecule has 2 aromatic carbocycles. The lowest BCUT2D eigenvalue weighted by molar-refractivity contribution is 0.0597. The number of hydrogen-bond acceptors (Lipinski definition) is 7. The van der Waals surface area contributed by atoms with Crippen LogP contribution in [0.3, 0.4) is 0 Å². The van der Waals surface area contributed by atoms with Crippen LogP contribution in [0.5, 0.6) is 5.75 Å². The molecule has 1 N–H and O–H groups in total. The summed E-state index contributed by atoms with van der Waals surface area (Å²) < 4.78 is 10.4. The number of hydrogen-bond donors (Lipinski definition) is 1. The van der Waals surface area contributed by atoms with Gasteiger partial charge in [-0.15, -0.1) is 11.3 Å². The predicted octanol–water partition coefficient (Wildman–Crippen LogP) is 5.33. The van der Waals surface area contributed by atoms with E-state index in [0.717, 1.165) is 26.5 Å². The lowest BCUT2D eigenvalue weighted by Crippen LogP contribution is -2.08. The fourth-order valence-electron chi connectivity index (χ4n) is 3.36. The standard InChI is InChI=1S/C23H21N3O3S/c1-14(15-8-5-4-6-9-15)26-21-18-12-19(30-22(18)25-13-24-21)16-10-7-11-17(20(16)28-2)23(27)29-3/h4-14H,1-3H3,(H,24,25,26)/t14-/m1/s1. The van der Waals surface area contributed by atoms with E-state index in [1.807, 2.05) is 36.4 Å². The van der Waals surface area contributed by atoms with Gasteiger partial charge in [0, 0.05) is 16.5 Å². The summed E-state index contributed by atoms with van der Waals surface area (Å²) in [7, 11) is 2.91. The van der Waals surface area contributed by atoms with Gasteiger partial charge >= 0.3 is 5.97 Å². The number of ether oxygens (including phenoxy) is 2. The Morgan fingerprint density at radius 2 is 1.87 bits per heavy atom. The molecule has 0 aliphatic rings. The number of methoxy groups -OCH3 is 2. The molecule has 0 saturated heterocycles. The van der Waals surface area contributed by atoms with E-state index in [4.69, 9.17) is 9.47 Å². The minimum absolute atomic E-state index is 0.0878. The van der Waals surface area contributed by atoms with Crippen LogP contribution in [-0.2, 0) is 4.74 Å². The Morgan fingerprint density at radius 3 is 2.60 bits per heavy atom. The summed E-state index contributed by atoms with van der Waals surface area (Å²) in [6, 6.07) is 17.7. The molecule has 30 heavy (non-hydrogen) atoms. The molecule has 6 nitrogen and oxygen atoms in total. The van der Waals surface area contributed by atoms with E-state index in [1.165, 1.54) is 24.0 Å². The summed E-state index contributed by atoms with van der Waals surface area (Å²) in [5, 5.41) is 4.41. The minimum Gasteiger partial charge on any atom is -0.495 e. The zero-order chi connectivity index (χ0) is 21.1. The molecule has 0 bridgehead atoms. The summed E-state index contributed by atoms with van der Waals surface area (Å²) in [6.07, 6.45) is 1.56. The van der Waals surface area contributed by atoms with E-state index in [-0.39, 0.29) is 6.04 Å². The maximum absolute atomic E-state index is 12.1. The molecule has 0 spiro atoms. The first-order valence-electron chi connectivity index (χ1n) is 9.44. The average Bonchev–Trinajstić information content (AvgIpc) is 3.23. The highest BCUT2D eigenvalue weighted by Crippen LogP contribution is 2.41. The van der Waals surface area contributed by atoms with Crippen LogP contribution in [0.25, 0.3) is 20.7 Å². The van der Waals surface area contributed by atoms with Crippen molar-refractivity contribution in [3.8, 4) is 16.2 Å². The van der Waals surface area contributed by atoms with Crippen molar-refractivity contribution in [2.75, 3.05) is 19.5 Å². The van der Waals surface area contributed by atoms with Gasteiger partial charge in [-0.05, 0) is 30.7 Å². The van der Waals surface area contributed by atoms with Crippen molar-refractivity contribution in [2.45, 2.75) is 13.0 Å². The van der Waals surface area contributed by atoms with Gasteiger partial charge in [0.15, 0.2) is 0 Å². The van der Waals surface area contributed by atoms with Gasteiger partial charge in [-0.1, -0.05) is 36.4 Å². The van der Waals surface area contributed by atoms with Gasteiger partial charge in [0.05, 0.1) is 19.6 Å². The Hall–Kier alpha value is -3.45. The largest absolute Gasteiger partial charge is 0.495 e. The summed E-state index contributed by atoms with van der Waals surface area (Å²) in [6.45, 7) is 2.10. The lowest BCUT2D eigenvalue weighted by Gasteiger charge is -2.15. The Labute approximate surface area is 178 Å². The van der Waals surface area contributed by atoms with Crippen LogP contribution in [0, 0.1) is 0 Å². The fraction of sp³-hybridized carbons (Fsp3) is 0.174. The molecule has 0 aliphatic carbocycles. The van der Waals surface area contributed by atoms with Gasteiger partial charge < -0.3 is 14.8 Å². The van der Waals surface area contributed by atoms with Crippen molar-refractivity contribution in [3.05, 3.63) is 72.1 Å². The Morgan fingerprint density at radius 1 is 1.07 bits per heavy atom. The predicted molar refractivity (Wildman–Crippen MR) is 119 cm³/mol. The number of para-hydroxylation sites is 1. The second-order valence-electron chi connectivity index (χ2n) is 6.71. The molecule has 2 heterocycles. The zero-order valence-electron chi connectivity index (χ0n) is 16.9. The van der Waals surface area contributed by atoms with Gasteiger partial charge in [0.25, 0.3) is 0 Å². The minimum atomic E-state index is -0.436. The van der Waals surface area contributed by atoms with Crippen molar-refractivity contribution in [2.24, 2.45) is 0 Å². The zero-order valence-corrected chi connectivity index (χ0v) is 17.7. The van der Waals surface area contributed by atoms with Crippen LogP contribution >= 0.6 is 11.3 Å². The highest BCUT2D eigenvalue weighted by Gasteiger charge is 2.20. The molecule has 2 aromatic heterocycles. The number of aromatic nitrogens is 2. The number of nitrogens with zero attached hydrogens (tertiary/aromatic N) is 2. The van der Waals surface area contributed by atoms with Crippen LogP contribution in [-0.4, -0.2) is 30.2 Å². The Balaban J connectivity index is 1.75. The van der Waals surface area contributed by atoms with E-state index in [0.29, 0.717) is 11.3 Å². The molecule has 7 heteroatoms. The number of nitrogens with one attached hydrogen (secondary N) is 1. The second kappa shape index (κ2) is 8.51. The first-order valence-corrected chi connectivity index (χ1v) is 10.3. The molecule has 0 saturated carbocycles. The number of esters is 1. The summed E-state index contributed by atoms with van der Waals surface area (Å²) in [5.41, 5.74) is 2.37. The van der Waals surface area contributed by atoms with Crippen molar-refractivity contribution in [1.82, 2.24) is 9.97 Å². The molecule has 4 aromatic rings. The van der Waals surface area contributed by atoms with Crippen molar-refractivity contribution in [1.29, 1.82) is 0 Å². The summed E-state index contributed by atoms with van der Waals surface area (Å²) in [4.78, 5) is 22.8. The van der Waals surface area contributed by atoms with Crippen LogP contribution < -0.4 is 10.1 Å². The quantitative estimate of drug-likeness (QED) is 0.426. The second-order valence-corrected chi connectivity index (χ2v) is 7.74. The smallest absolute Gasteiger partial charge is 0.341 e. The molecule has 0 unspecified atom stereocenters. The monoisotopic (exact) mass is 419 g/mol. The molecule has 152 valence electrons. The van der Waals surface area contributed by atoms with E-state index < -0.39 is 5.97 Å². The maximum Gasteiger partial charge on any atom is 0.341 e. The van der Waals surface area contributed by atoms with E-state index in [1.54, 1.807) is 19.5 Å². The molecular formula is C23H21N3O3S. The summed E-state index contributed by atoms with van der Waals surface area (Å²) >= 11 is 1.52. The highest BCUT2D eigenvalue weighted by molar-refractivity contribution is 7.22. The topological polar surface area (TPSA) is 73.3 Å². The fourth-order valence-corrected chi connectivity index (χ4v) is 4.38. The SMILES string of the molecule is COC(=O)c1cccc(-c2cc3c(N[C@H](C)c4ccccc4)ncnc3s2)c1OC. The average molecular weight is 420 g/mol. The third-order valence-electron chi connectivity index (χ3n) is 4.87. The number of benzene rings is 2. The Bertz CT molecular complexity index is 1190. The number of carbonyl (C=O) groups is 1. The van der Waals surface area contributed by atoms with E-state index >= 15 is 0 Å². The van der Waals surface area contributed by atoms with Crippen LogP contribution in [0.2, 0.25) is 0 Å². The molecule has 1 atom stereocenters. The van der Waals surface area contributed by atoms with Crippen molar-refractivity contribution < 1.29 is 14.3 Å².